The van der Waals surface area contributed by atoms with E-state index in [0.29, 0.717) is 35.2 Å². The molecule has 2 aliphatic heterocycles. The van der Waals surface area contributed by atoms with Gasteiger partial charge in [0.05, 0.1) is 18.5 Å². The number of hydrogen-bond acceptors (Lipinski definition) is 7. The fourth-order valence-corrected chi connectivity index (χ4v) is 3.48. The van der Waals surface area contributed by atoms with Crippen LogP contribution in [0.1, 0.15) is 31.5 Å². The normalized spacial score (nSPS) is 24.2. The molecule has 11 heteroatoms. The molecule has 0 spiro atoms. The Balaban J connectivity index is 1.75. The molecule has 1 fully saturated rings. The van der Waals surface area contributed by atoms with Gasteiger partial charge in [-0.3, -0.25) is 4.68 Å². The highest BCUT2D eigenvalue weighted by molar-refractivity contribution is 6.32. The molecule has 2 aromatic heterocycles. The molecule has 0 radical (unpaired) electrons. The molecule has 0 saturated carbocycles. The Hall–Kier alpha value is -2.20. The van der Waals surface area contributed by atoms with E-state index in [1.807, 2.05) is 6.92 Å². The highest BCUT2D eigenvalue weighted by Crippen LogP contribution is 2.40. The van der Waals surface area contributed by atoms with Crippen LogP contribution in [0.15, 0.2) is 6.20 Å². The molecular formula is C17H21ClF2N6O2. The second-order valence-electron chi connectivity index (χ2n) is 7.03. The number of rotatable bonds is 1. The van der Waals surface area contributed by atoms with Gasteiger partial charge in [0.25, 0.3) is 11.8 Å². The first-order valence-corrected chi connectivity index (χ1v) is 9.46. The van der Waals surface area contributed by atoms with Crippen LogP contribution in [0.5, 0.6) is 5.88 Å². The van der Waals surface area contributed by atoms with Crippen LogP contribution >= 0.6 is 11.6 Å². The summed E-state index contributed by atoms with van der Waals surface area (Å²) < 4.78 is 40.9. The van der Waals surface area contributed by atoms with Crippen molar-refractivity contribution in [3.05, 3.63) is 16.9 Å². The van der Waals surface area contributed by atoms with Crippen molar-refractivity contribution < 1.29 is 18.3 Å². The number of nitrogens with zero attached hydrogens (tertiary/aromatic N) is 4. The third-order valence-corrected chi connectivity index (χ3v) is 5.16. The van der Waals surface area contributed by atoms with Gasteiger partial charge in [-0.1, -0.05) is 11.6 Å². The van der Waals surface area contributed by atoms with Crippen LogP contribution in [-0.4, -0.2) is 51.5 Å². The van der Waals surface area contributed by atoms with E-state index >= 15 is 0 Å². The Kier molecular flexibility index (Phi) is 5.00. The summed E-state index contributed by atoms with van der Waals surface area (Å²) in [7, 11) is 0. The maximum atomic E-state index is 14.4. The molecule has 1 unspecified atom stereocenters. The van der Waals surface area contributed by atoms with Gasteiger partial charge in [-0.05, 0) is 20.3 Å². The number of halogens is 3. The van der Waals surface area contributed by atoms with Crippen LogP contribution in [-0.2, 0) is 4.74 Å². The van der Waals surface area contributed by atoms with Crippen molar-refractivity contribution in [2.45, 2.75) is 44.7 Å². The van der Waals surface area contributed by atoms with E-state index in [-0.39, 0.29) is 30.9 Å². The highest BCUT2D eigenvalue weighted by Gasteiger charge is 2.45. The van der Waals surface area contributed by atoms with E-state index < -0.39 is 18.6 Å². The molecule has 4 heterocycles. The minimum atomic E-state index is -3.02. The zero-order chi connectivity index (χ0) is 19.9. The fraction of sp³-hybridized carbons (Fsp3) is 0.588. The molecule has 2 atom stereocenters. The van der Waals surface area contributed by atoms with E-state index in [2.05, 4.69) is 25.7 Å². The number of alkyl halides is 2. The lowest BCUT2D eigenvalue weighted by molar-refractivity contribution is -0.150. The molecule has 4 rings (SSSR count). The van der Waals surface area contributed by atoms with Gasteiger partial charge in [-0.25, -0.2) is 13.8 Å². The van der Waals surface area contributed by atoms with Gasteiger partial charge in [-0.2, -0.15) is 4.98 Å². The molecule has 0 amide bonds. The summed E-state index contributed by atoms with van der Waals surface area (Å²) in [6.45, 7) is 3.67. The lowest BCUT2D eigenvalue weighted by Crippen LogP contribution is -2.41. The number of fused-ring (bicyclic) bond motifs is 3. The molecular weight excluding hydrogens is 394 g/mol. The third kappa shape index (κ3) is 3.58. The van der Waals surface area contributed by atoms with E-state index in [9.17, 15) is 8.78 Å². The van der Waals surface area contributed by atoms with Crippen LogP contribution in [0.25, 0.3) is 0 Å². The van der Waals surface area contributed by atoms with Crippen molar-refractivity contribution in [3.8, 4) is 5.88 Å². The Morgan fingerprint density at radius 1 is 1.32 bits per heavy atom. The topological polar surface area (TPSA) is 86.1 Å². The maximum absolute atomic E-state index is 14.4. The average molecular weight is 415 g/mol. The Morgan fingerprint density at radius 3 is 2.93 bits per heavy atom. The minimum Gasteiger partial charge on any atom is -0.475 e. The molecule has 152 valence electrons. The summed E-state index contributed by atoms with van der Waals surface area (Å²) in [5.41, 5.74) is 0.979. The van der Waals surface area contributed by atoms with E-state index in [0.717, 1.165) is 0 Å². The standard InChI is InChI=1S/C17H21ClF2N6O2/c1-9-3-6-28-15-13(23-16-21-7-11(18)14(22-9)24-16)10(2)26(25-15)12-4-5-27-8-17(12,19)20/h7,9,12H,3-6,8H2,1-2H3,(H2,21,22,23,24)/t9-,12?/m1/s1. The smallest absolute Gasteiger partial charge is 0.292 e. The number of hydrogen-bond donors (Lipinski definition) is 2. The van der Waals surface area contributed by atoms with E-state index in [4.69, 9.17) is 21.1 Å². The monoisotopic (exact) mass is 414 g/mol. The van der Waals surface area contributed by atoms with Gasteiger partial charge < -0.3 is 20.1 Å². The first-order valence-electron chi connectivity index (χ1n) is 9.08. The molecule has 0 aromatic carbocycles. The predicted molar refractivity (Wildman–Crippen MR) is 99.9 cm³/mol. The van der Waals surface area contributed by atoms with Gasteiger partial charge in [0.2, 0.25) is 5.95 Å². The lowest BCUT2D eigenvalue weighted by atomic mass is 10.1. The number of nitrogens with one attached hydrogen (secondary N) is 2. The maximum Gasteiger partial charge on any atom is 0.292 e. The second kappa shape index (κ2) is 7.32. The van der Waals surface area contributed by atoms with Crippen molar-refractivity contribution >= 4 is 29.1 Å². The van der Waals surface area contributed by atoms with Gasteiger partial charge >= 0.3 is 0 Å². The molecule has 1 saturated heterocycles. The zero-order valence-corrected chi connectivity index (χ0v) is 16.3. The Labute approximate surface area is 165 Å². The van der Waals surface area contributed by atoms with Crippen molar-refractivity contribution in [1.29, 1.82) is 0 Å². The van der Waals surface area contributed by atoms with Crippen molar-refractivity contribution in [2.75, 3.05) is 30.5 Å². The third-order valence-electron chi connectivity index (χ3n) is 4.88. The zero-order valence-electron chi connectivity index (χ0n) is 15.5. The Bertz CT molecular complexity index is 878. The van der Waals surface area contributed by atoms with Gasteiger partial charge in [0, 0.05) is 19.1 Å². The average Bonchev–Trinajstić information content (AvgIpc) is 2.92. The molecule has 2 aromatic rings. The summed E-state index contributed by atoms with van der Waals surface area (Å²) in [5.74, 6) is -2.01. The highest BCUT2D eigenvalue weighted by atomic mass is 35.5. The quantitative estimate of drug-likeness (QED) is 0.737. The molecule has 2 N–H and O–H groups in total. The van der Waals surface area contributed by atoms with Crippen molar-refractivity contribution in [3.63, 3.8) is 0 Å². The van der Waals surface area contributed by atoms with Gasteiger partial charge in [0.15, 0.2) is 5.82 Å². The van der Waals surface area contributed by atoms with Crippen molar-refractivity contribution in [2.24, 2.45) is 0 Å². The number of anilines is 3. The van der Waals surface area contributed by atoms with Crippen molar-refractivity contribution in [1.82, 2.24) is 19.7 Å². The minimum absolute atomic E-state index is 0.0322. The van der Waals surface area contributed by atoms with Crippen LogP contribution in [0.3, 0.4) is 0 Å². The van der Waals surface area contributed by atoms with Crippen LogP contribution < -0.4 is 15.4 Å². The fourth-order valence-electron chi connectivity index (χ4n) is 3.33. The Morgan fingerprint density at radius 2 is 2.14 bits per heavy atom. The molecule has 2 bridgehead atoms. The molecule has 0 aliphatic carbocycles. The number of aromatic nitrogens is 4. The summed E-state index contributed by atoms with van der Waals surface area (Å²) in [4.78, 5) is 8.56. The lowest BCUT2D eigenvalue weighted by Gasteiger charge is -2.31. The summed E-state index contributed by atoms with van der Waals surface area (Å²) in [6, 6.07) is -1.07. The van der Waals surface area contributed by atoms with Crippen LogP contribution in [0, 0.1) is 6.92 Å². The summed E-state index contributed by atoms with van der Waals surface area (Å²) in [6.07, 6.45) is 2.29. The number of ether oxygens (including phenoxy) is 2. The largest absolute Gasteiger partial charge is 0.475 e. The van der Waals surface area contributed by atoms with Crippen LogP contribution in [0.2, 0.25) is 5.02 Å². The predicted octanol–water partition coefficient (Wildman–Crippen LogP) is 3.56. The van der Waals surface area contributed by atoms with Gasteiger partial charge in [0.1, 0.15) is 23.4 Å². The molecule has 2 aliphatic rings. The van der Waals surface area contributed by atoms with E-state index in [1.54, 1.807) is 6.92 Å². The van der Waals surface area contributed by atoms with E-state index in [1.165, 1.54) is 10.9 Å². The second-order valence-corrected chi connectivity index (χ2v) is 7.43. The summed E-state index contributed by atoms with van der Waals surface area (Å²) >= 11 is 6.17. The first-order chi connectivity index (χ1) is 13.3. The molecule has 28 heavy (non-hydrogen) atoms. The molecule has 8 nitrogen and oxygen atoms in total. The SMILES string of the molecule is Cc1c2c(nn1C1CCOCC1(F)F)OCC[C@@H](C)Nc1nc(ncc1Cl)N2. The van der Waals surface area contributed by atoms with Gasteiger partial charge in [-0.15, -0.1) is 5.10 Å². The first kappa shape index (κ1) is 19.1. The van der Waals surface area contributed by atoms with Crippen LogP contribution in [0.4, 0.5) is 26.2 Å². The summed E-state index contributed by atoms with van der Waals surface area (Å²) in [5, 5.41) is 11.0.